The molecule has 1 unspecified atom stereocenters. The second kappa shape index (κ2) is 5.67. The van der Waals surface area contributed by atoms with Gasteiger partial charge in [-0.05, 0) is 25.0 Å². The van der Waals surface area contributed by atoms with Crippen LogP contribution in [0.2, 0.25) is 0 Å². The topological polar surface area (TPSA) is 51.8 Å². The average molecular weight is 264 g/mol. The van der Waals surface area contributed by atoms with Crippen LogP contribution in [0.1, 0.15) is 12.0 Å². The maximum atomic E-state index is 5.67. The van der Waals surface area contributed by atoms with Crippen molar-refractivity contribution in [1.29, 1.82) is 0 Å². The molecule has 0 aromatic heterocycles. The fourth-order valence-corrected chi connectivity index (χ4v) is 2.41. The molecule has 0 aliphatic carbocycles. The molecule has 0 bridgehead atoms. The highest BCUT2D eigenvalue weighted by Crippen LogP contribution is 2.36. The molecule has 5 nitrogen and oxygen atoms in total. The first-order valence-electron chi connectivity index (χ1n) is 6.79. The van der Waals surface area contributed by atoms with Gasteiger partial charge in [-0.3, -0.25) is 0 Å². The SMILES string of the molecule is Cc1cc2c(cc1NCCC1CNCCO1)OCO2. The molecule has 2 heterocycles. The maximum absolute atomic E-state index is 5.67. The van der Waals surface area contributed by atoms with Gasteiger partial charge in [0.05, 0.1) is 12.7 Å². The minimum atomic E-state index is 0.315. The van der Waals surface area contributed by atoms with Crippen LogP contribution in [0, 0.1) is 6.92 Å². The van der Waals surface area contributed by atoms with Crippen molar-refractivity contribution in [2.45, 2.75) is 19.4 Å². The summed E-state index contributed by atoms with van der Waals surface area (Å²) in [6, 6.07) is 4.03. The number of rotatable bonds is 4. The average Bonchev–Trinajstić information content (AvgIpc) is 2.87. The molecule has 104 valence electrons. The first-order chi connectivity index (χ1) is 9.33. The van der Waals surface area contributed by atoms with Crippen LogP contribution in [-0.2, 0) is 4.74 Å². The number of morpholine rings is 1. The number of hydrogen-bond donors (Lipinski definition) is 2. The van der Waals surface area contributed by atoms with E-state index < -0.39 is 0 Å². The van der Waals surface area contributed by atoms with Crippen LogP contribution in [0.25, 0.3) is 0 Å². The summed E-state index contributed by atoms with van der Waals surface area (Å²) >= 11 is 0. The van der Waals surface area contributed by atoms with Gasteiger partial charge in [-0.25, -0.2) is 0 Å². The highest BCUT2D eigenvalue weighted by Gasteiger charge is 2.16. The van der Waals surface area contributed by atoms with Crippen molar-refractivity contribution < 1.29 is 14.2 Å². The van der Waals surface area contributed by atoms with E-state index in [0.717, 1.165) is 49.8 Å². The van der Waals surface area contributed by atoms with Crippen LogP contribution in [0.3, 0.4) is 0 Å². The quantitative estimate of drug-likeness (QED) is 0.863. The summed E-state index contributed by atoms with van der Waals surface area (Å²) in [6.45, 7) is 6.01. The van der Waals surface area contributed by atoms with E-state index in [9.17, 15) is 0 Å². The Kier molecular flexibility index (Phi) is 3.75. The van der Waals surface area contributed by atoms with Gasteiger partial charge in [0, 0.05) is 31.4 Å². The number of hydrogen-bond acceptors (Lipinski definition) is 5. The molecule has 0 radical (unpaired) electrons. The summed E-state index contributed by atoms with van der Waals surface area (Å²) in [6.07, 6.45) is 1.32. The van der Waals surface area contributed by atoms with E-state index in [0.29, 0.717) is 12.9 Å². The van der Waals surface area contributed by atoms with Gasteiger partial charge in [0.15, 0.2) is 11.5 Å². The third kappa shape index (κ3) is 2.93. The van der Waals surface area contributed by atoms with Crippen molar-refractivity contribution in [3.63, 3.8) is 0 Å². The standard InChI is InChI=1S/C14H20N2O3/c1-10-6-13-14(19-9-18-13)7-12(10)16-3-2-11-8-15-4-5-17-11/h6-7,11,15-16H,2-5,8-9H2,1H3. The molecule has 0 saturated carbocycles. The smallest absolute Gasteiger partial charge is 0.231 e. The summed E-state index contributed by atoms with van der Waals surface area (Å²) in [5.74, 6) is 1.66. The molecule has 1 aromatic carbocycles. The summed E-state index contributed by atoms with van der Waals surface area (Å²) in [5, 5.41) is 6.79. The number of ether oxygens (including phenoxy) is 3. The highest BCUT2D eigenvalue weighted by molar-refractivity contribution is 5.60. The summed E-state index contributed by atoms with van der Waals surface area (Å²) in [5.41, 5.74) is 2.28. The number of aryl methyl sites for hydroxylation is 1. The predicted octanol–water partition coefficient (Wildman–Crippen LogP) is 1.51. The molecule has 1 aromatic rings. The lowest BCUT2D eigenvalue weighted by molar-refractivity contribution is 0.0258. The number of anilines is 1. The first kappa shape index (κ1) is 12.6. The minimum Gasteiger partial charge on any atom is -0.454 e. The van der Waals surface area contributed by atoms with Crippen molar-refractivity contribution in [1.82, 2.24) is 5.32 Å². The van der Waals surface area contributed by atoms with Crippen LogP contribution in [0.15, 0.2) is 12.1 Å². The molecule has 5 heteroatoms. The van der Waals surface area contributed by atoms with E-state index >= 15 is 0 Å². The number of benzene rings is 1. The summed E-state index contributed by atoms with van der Waals surface area (Å²) in [7, 11) is 0. The highest BCUT2D eigenvalue weighted by atomic mass is 16.7. The monoisotopic (exact) mass is 264 g/mol. The molecule has 2 aliphatic rings. The molecule has 0 amide bonds. The van der Waals surface area contributed by atoms with E-state index in [4.69, 9.17) is 14.2 Å². The summed E-state index contributed by atoms with van der Waals surface area (Å²) < 4.78 is 16.4. The first-order valence-corrected chi connectivity index (χ1v) is 6.79. The zero-order chi connectivity index (χ0) is 13.1. The van der Waals surface area contributed by atoms with Gasteiger partial charge >= 0.3 is 0 Å². The van der Waals surface area contributed by atoms with E-state index in [1.165, 1.54) is 5.56 Å². The van der Waals surface area contributed by atoms with Gasteiger partial charge < -0.3 is 24.8 Å². The zero-order valence-electron chi connectivity index (χ0n) is 11.2. The van der Waals surface area contributed by atoms with Gasteiger partial charge in [-0.1, -0.05) is 0 Å². The van der Waals surface area contributed by atoms with Crippen LogP contribution >= 0.6 is 0 Å². The molecule has 1 saturated heterocycles. The Hall–Kier alpha value is -1.46. The van der Waals surface area contributed by atoms with Gasteiger partial charge in [0.2, 0.25) is 6.79 Å². The van der Waals surface area contributed by atoms with Crippen molar-refractivity contribution in [2.24, 2.45) is 0 Å². The molecule has 1 fully saturated rings. The van der Waals surface area contributed by atoms with Crippen molar-refractivity contribution in [2.75, 3.05) is 38.4 Å². The van der Waals surface area contributed by atoms with Gasteiger partial charge in [-0.15, -0.1) is 0 Å². The van der Waals surface area contributed by atoms with Gasteiger partial charge in [0.1, 0.15) is 0 Å². The fourth-order valence-electron chi connectivity index (χ4n) is 2.41. The Morgan fingerprint density at radius 2 is 2.16 bits per heavy atom. The van der Waals surface area contributed by atoms with Crippen molar-refractivity contribution in [3.05, 3.63) is 17.7 Å². The van der Waals surface area contributed by atoms with Gasteiger partial charge in [-0.2, -0.15) is 0 Å². The third-order valence-corrected chi connectivity index (χ3v) is 3.51. The molecule has 3 rings (SSSR count). The lowest BCUT2D eigenvalue weighted by atomic mass is 10.1. The van der Waals surface area contributed by atoms with E-state index in [2.05, 4.69) is 17.6 Å². The normalized spacial score (nSPS) is 21.4. The molecule has 2 N–H and O–H groups in total. The molecule has 2 aliphatic heterocycles. The van der Waals surface area contributed by atoms with Crippen LogP contribution in [0.5, 0.6) is 11.5 Å². The maximum Gasteiger partial charge on any atom is 0.231 e. The molecule has 0 spiro atoms. The Balaban J connectivity index is 1.54. The minimum absolute atomic E-state index is 0.315. The summed E-state index contributed by atoms with van der Waals surface area (Å²) in [4.78, 5) is 0. The Morgan fingerprint density at radius 1 is 1.32 bits per heavy atom. The molecule has 1 atom stereocenters. The Labute approximate surface area is 113 Å². The van der Waals surface area contributed by atoms with E-state index in [1.54, 1.807) is 0 Å². The lowest BCUT2D eigenvalue weighted by Crippen LogP contribution is -2.39. The van der Waals surface area contributed by atoms with Gasteiger partial charge in [0.25, 0.3) is 0 Å². The predicted molar refractivity (Wildman–Crippen MR) is 73.0 cm³/mol. The van der Waals surface area contributed by atoms with Crippen LogP contribution < -0.4 is 20.1 Å². The van der Waals surface area contributed by atoms with Crippen molar-refractivity contribution >= 4 is 5.69 Å². The zero-order valence-corrected chi connectivity index (χ0v) is 11.2. The molecular formula is C14H20N2O3. The van der Waals surface area contributed by atoms with Crippen LogP contribution in [0.4, 0.5) is 5.69 Å². The molecular weight excluding hydrogens is 244 g/mol. The second-order valence-corrected chi connectivity index (χ2v) is 4.93. The Bertz CT molecular complexity index is 445. The number of nitrogens with one attached hydrogen (secondary N) is 2. The number of fused-ring (bicyclic) bond motifs is 1. The third-order valence-electron chi connectivity index (χ3n) is 3.51. The Morgan fingerprint density at radius 3 is 2.95 bits per heavy atom. The van der Waals surface area contributed by atoms with Crippen LogP contribution in [-0.4, -0.2) is 39.1 Å². The second-order valence-electron chi connectivity index (χ2n) is 4.93. The van der Waals surface area contributed by atoms with Crippen molar-refractivity contribution in [3.8, 4) is 11.5 Å². The lowest BCUT2D eigenvalue weighted by Gasteiger charge is -2.24. The fraction of sp³-hybridized carbons (Fsp3) is 0.571. The molecule has 19 heavy (non-hydrogen) atoms. The van der Waals surface area contributed by atoms with E-state index in [-0.39, 0.29) is 0 Å². The largest absolute Gasteiger partial charge is 0.454 e. The van der Waals surface area contributed by atoms with E-state index in [1.807, 2.05) is 12.1 Å².